The Bertz CT molecular complexity index is 1210. The number of halogens is 3. The highest BCUT2D eigenvalue weighted by atomic mass is 32.2. The molecule has 0 radical (unpaired) electrons. The van der Waals surface area contributed by atoms with Gasteiger partial charge in [-0.1, -0.05) is 42.5 Å². The van der Waals surface area contributed by atoms with Crippen molar-refractivity contribution in [1.29, 1.82) is 0 Å². The van der Waals surface area contributed by atoms with Crippen molar-refractivity contribution in [2.75, 3.05) is 0 Å². The third-order valence-electron chi connectivity index (χ3n) is 3.94. The molecule has 0 bridgehead atoms. The molecule has 0 saturated carbocycles. The third kappa shape index (κ3) is 6.33. The van der Waals surface area contributed by atoms with E-state index in [4.69, 9.17) is 17.4 Å². The molecule has 5 nitrogen and oxygen atoms in total. The zero-order chi connectivity index (χ0) is 22.5. The molecule has 0 fully saturated rings. The van der Waals surface area contributed by atoms with Crippen LogP contribution >= 0.6 is 11.8 Å². The lowest BCUT2D eigenvalue weighted by atomic mass is 10.2. The van der Waals surface area contributed by atoms with Crippen molar-refractivity contribution in [3.63, 3.8) is 0 Å². The molecule has 0 aliphatic heterocycles. The first kappa shape index (κ1) is 22.9. The second-order valence-electron chi connectivity index (χ2n) is 6.21. The predicted octanol–water partition coefficient (Wildman–Crippen LogP) is 6.18. The van der Waals surface area contributed by atoms with Crippen LogP contribution < -0.4 is 0 Å². The molecule has 4 rings (SSSR count). The average Bonchev–Trinajstić information content (AvgIpc) is 3.17. The van der Waals surface area contributed by atoms with Gasteiger partial charge in [0, 0.05) is 16.2 Å². The maximum Gasteiger partial charge on any atom is 0.522 e. The molecule has 31 heavy (non-hydrogen) atoms. The molecule has 0 amide bonds. The Balaban J connectivity index is 0.000000293. The minimum absolute atomic E-state index is 0.672. The predicted molar refractivity (Wildman–Crippen MR) is 113 cm³/mol. The summed E-state index contributed by atoms with van der Waals surface area (Å²) in [5, 5.41) is 0. The molecule has 0 atom stereocenters. The van der Waals surface area contributed by atoms with E-state index in [0.29, 0.717) is 5.89 Å². The van der Waals surface area contributed by atoms with Gasteiger partial charge < -0.3 is 4.42 Å². The minimum atomic E-state index is -5.84. The van der Waals surface area contributed by atoms with Gasteiger partial charge in [-0.3, -0.25) is 4.55 Å². The maximum atomic E-state index is 10.7. The van der Waals surface area contributed by atoms with Crippen LogP contribution in [0.3, 0.4) is 0 Å². The number of aromatic nitrogens is 1. The molecule has 3 aromatic carbocycles. The highest BCUT2D eigenvalue weighted by molar-refractivity contribution is 7.98. The summed E-state index contributed by atoms with van der Waals surface area (Å²) in [5.74, 6) is 1.65. The fourth-order valence-corrected chi connectivity index (χ4v) is 3.28. The Hall–Kier alpha value is -2.82. The lowest BCUT2D eigenvalue weighted by Crippen LogP contribution is -2.21. The number of rotatable bonds is 4. The fourth-order valence-electron chi connectivity index (χ4n) is 2.43. The van der Waals surface area contributed by atoms with Crippen LogP contribution in [-0.2, 0) is 15.9 Å². The van der Waals surface area contributed by atoms with Gasteiger partial charge in [0.15, 0.2) is 5.58 Å². The summed E-state index contributed by atoms with van der Waals surface area (Å²) in [5.41, 5.74) is -1.48. The Kier molecular flexibility index (Phi) is 7.04. The summed E-state index contributed by atoms with van der Waals surface area (Å²) >= 11 is 1.83. The summed E-state index contributed by atoms with van der Waals surface area (Å²) in [6, 6.07) is 26.7. The van der Waals surface area contributed by atoms with Crippen LogP contribution in [0.5, 0.6) is 0 Å². The van der Waals surface area contributed by atoms with Crippen molar-refractivity contribution in [2.45, 2.75) is 16.2 Å². The number of hydrogen-bond donors (Lipinski definition) is 1. The molecule has 4 aromatic rings. The Morgan fingerprint density at radius 1 is 0.903 bits per heavy atom. The van der Waals surface area contributed by atoms with Crippen molar-refractivity contribution < 1.29 is 30.6 Å². The molecule has 1 aromatic heterocycles. The van der Waals surface area contributed by atoms with E-state index >= 15 is 0 Å². The summed E-state index contributed by atoms with van der Waals surface area (Å²) in [7, 11) is -5.84. The molecule has 0 unspecified atom stereocenters. The maximum absolute atomic E-state index is 10.7. The van der Waals surface area contributed by atoms with Crippen LogP contribution in [-0.4, -0.2) is 23.5 Å². The Morgan fingerprint density at radius 2 is 1.48 bits per heavy atom. The Morgan fingerprint density at radius 3 is 2.06 bits per heavy atom. The minimum Gasteiger partial charge on any atom is -0.436 e. The van der Waals surface area contributed by atoms with Crippen molar-refractivity contribution in [1.82, 2.24) is 4.98 Å². The topological polar surface area (TPSA) is 80.4 Å². The molecule has 0 aliphatic rings. The fraction of sp³-hybridized carbons (Fsp3) is 0.0952. The molecule has 0 saturated heterocycles. The number of thioether (sulfide) groups is 1. The van der Waals surface area contributed by atoms with E-state index in [1.807, 2.05) is 42.1 Å². The van der Waals surface area contributed by atoms with Gasteiger partial charge in [0.2, 0.25) is 5.89 Å². The second kappa shape index (κ2) is 9.54. The van der Waals surface area contributed by atoms with Crippen LogP contribution in [0.1, 0.15) is 5.56 Å². The number of para-hydroxylation sites is 2. The number of benzene rings is 3. The van der Waals surface area contributed by atoms with Crippen molar-refractivity contribution in [3.05, 3.63) is 84.4 Å². The summed E-state index contributed by atoms with van der Waals surface area (Å²) in [6.45, 7) is 0. The van der Waals surface area contributed by atoms with Gasteiger partial charge >= 0.3 is 15.6 Å². The van der Waals surface area contributed by atoms with Gasteiger partial charge in [-0.05, 0) is 42.0 Å². The molecule has 1 heterocycles. The van der Waals surface area contributed by atoms with Crippen LogP contribution in [0.2, 0.25) is 0 Å². The second-order valence-corrected chi connectivity index (χ2v) is 8.67. The normalized spacial score (nSPS) is 11.7. The van der Waals surface area contributed by atoms with Crippen molar-refractivity contribution in [2.24, 2.45) is 0 Å². The summed E-state index contributed by atoms with van der Waals surface area (Å²) in [6.07, 6.45) is 0. The number of alkyl halides is 3. The largest absolute Gasteiger partial charge is 0.522 e. The van der Waals surface area contributed by atoms with E-state index in [0.717, 1.165) is 22.4 Å². The number of hydrogen-bond acceptors (Lipinski definition) is 5. The first-order valence-corrected chi connectivity index (χ1v) is 11.2. The van der Waals surface area contributed by atoms with E-state index in [9.17, 15) is 13.2 Å². The number of nitrogens with zero attached hydrogens (tertiary/aromatic N) is 1. The lowest BCUT2D eigenvalue weighted by molar-refractivity contribution is -0.0510. The number of fused-ring (bicyclic) bond motifs is 1. The monoisotopic (exact) mass is 467 g/mol. The van der Waals surface area contributed by atoms with Crippen LogP contribution in [0.25, 0.3) is 22.6 Å². The third-order valence-corrected chi connectivity index (χ3v) is 5.60. The van der Waals surface area contributed by atoms with E-state index in [-0.39, 0.29) is 0 Å². The SMILES string of the molecule is O=S(=O)(O)C(F)(F)F.c1ccc(CSc2ccc(-c3nc4ccccc4o3)cc2)cc1. The van der Waals surface area contributed by atoms with Gasteiger partial charge in [0.05, 0.1) is 0 Å². The van der Waals surface area contributed by atoms with E-state index in [2.05, 4.69) is 53.5 Å². The van der Waals surface area contributed by atoms with E-state index in [1.165, 1.54) is 10.5 Å². The van der Waals surface area contributed by atoms with Gasteiger partial charge in [-0.15, -0.1) is 11.8 Å². The first-order chi connectivity index (χ1) is 14.6. The first-order valence-electron chi connectivity index (χ1n) is 8.80. The van der Waals surface area contributed by atoms with Gasteiger partial charge in [0.1, 0.15) is 5.52 Å². The van der Waals surface area contributed by atoms with Gasteiger partial charge in [0.25, 0.3) is 0 Å². The molecular formula is C21H16F3NO4S2. The zero-order valence-corrected chi connectivity index (χ0v) is 17.4. The molecule has 10 heteroatoms. The summed E-state index contributed by atoms with van der Waals surface area (Å²) < 4.78 is 63.3. The van der Waals surface area contributed by atoms with E-state index < -0.39 is 15.6 Å². The highest BCUT2D eigenvalue weighted by Crippen LogP contribution is 2.28. The lowest BCUT2D eigenvalue weighted by Gasteiger charge is -2.02. The molecule has 0 spiro atoms. The highest BCUT2D eigenvalue weighted by Gasteiger charge is 2.44. The van der Waals surface area contributed by atoms with Gasteiger partial charge in [-0.2, -0.15) is 21.6 Å². The average molecular weight is 467 g/mol. The number of oxazole rings is 1. The van der Waals surface area contributed by atoms with Crippen molar-refractivity contribution in [3.8, 4) is 11.5 Å². The van der Waals surface area contributed by atoms with E-state index in [1.54, 1.807) is 0 Å². The summed E-state index contributed by atoms with van der Waals surface area (Å²) in [4.78, 5) is 5.78. The standard InChI is InChI=1S/C20H15NOS.CHF3O3S/c1-2-6-15(7-3-1)14-23-17-12-10-16(11-13-17)20-21-18-8-4-5-9-19(18)22-20;2-1(3,4)8(5,6)7/h1-13H,14H2;(H,5,6,7). The van der Waals surface area contributed by atoms with Crippen LogP contribution in [0.15, 0.2) is 88.2 Å². The molecular weight excluding hydrogens is 451 g/mol. The van der Waals surface area contributed by atoms with Crippen LogP contribution in [0.4, 0.5) is 13.2 Å². The molecule has 162 valence electrons. The smallest absolute Gasteiger partial charge is 0.436 e. The Labute approximate surface area is 180 Å². The van der Waals surface area contributed by atoms with Crippen LogP contribution in [0, 0.1) is 0 Å². The zero-order valence-electron chi connectivity index (χ0n) is 15.8. The molecule has 0 aliphatic carbocycles. The molecule has 1 N–H and O–H groups in total. The van der Waals surface area contributed by atoms with Crippen molar-refractivity contribution >= 4 is 33.0 Å². The quantitative estimate of drug-likeness (QED) is 0.219. The van der Waals surface area contributed by atoms with Gasteiger partial charge in [-0.25, -0.2) is 4.98 Å².